The van der Waals surface area contributed by atoms with E-state index in [4.69, 9.17) is 0 Å². The average Bonchev–Trinajstić information content (AvgIpc) is 2.76. The molecule has 0 saturated heterocycles. The summed E-state index contributed by atoms with van der Waals surface area (Å²) < 4.78 is 37.2. The van der Waals surface area contributed by atoms with Crippen LogP contribution in [-0.2, 0) is 10.2 Å². The van der Waals surface area contributed by atoms with E-state index in [1.54, 1.807) is 31.2 Å². The van der Waals surface area contributed by atoms with Gasteiger partial charge in [0.05, 0.1) is 5.41 Å². The minimum absolute atomic E-state index is 0.637. The summed E-state index contributed by atoms with van der Waals surface area (Å²) in [5, 5.41) is 2.02. The highest BCUT2D eigenvalue weighted by atomic mass is 19.4. The van der Waals surface area contributed by atoms with Crippen LogP contribution in [0, 0.1) is 0 Å². The Morgan fingerprint density at radius 2 is 1.45 bits per heavy atom. The van der Waals surface area contributed by atoms with Crippen molar-refractivity contribution in [3.05, 3.63) is 59.7 Å². The Labute approximate surface area is 126 Å². The highest BCUT2D eigenvalue weighted by Crippen LogP contribution is 2.48. The van der Waals surface area contributed by atoms with E-state index in [2.05, 4.69) is 0 Å². The first-order valence-corrected chi connectivity index (χ1v) is 6.88. The lowest BCUT2D eigenvalue weighted by molar-refractivity contribution is -0.140. The summed E-state index contributed by atoms with van der Waals surface area (Å²) in [6, 6.07) is 14.7. The van der Waals surface area contributed by atoms with Gasteiger partial charge in [0.1, 0.15) is 6.54 Å². The van der Waals surface area contributed by atoms with Crippen molar-refractivity contribution in [3.8, 4) is 11.1 Å². The summed E-state index contributed by atoms with van der Waals surface area (Å²) in [4.78, 5) is 12.5. The van der Waals surface area contributed by atoms with Gasteiger partial charge >= 0.3 is 6.18 Å². The van der Waals surface area contributed by atoms with Crippen LogP contribution in [0.25, 0.3) is 11.1 Å². The monoisotopic (exact) mass is 305 g/mol. The Hall–Kier alpha value is -2.30. The second kappa shape index (κ2) is 4.87. The van der Waals surface area contributed by atoms with Crippen LogP contribution in [0.3, 0.4) is 0 Å². The first-order chi connectivity index (χ1) is 10.3. The lowest BCUT2D eigenvalue weighted by atomic mass is 9.79. The molecule has 2 aromatic carbocycles. The molecule has 1 aliphatic carbocycles. The number of nitrogens with one attached hydrogen (secondary N) is 1. The zero-order chi connectivity index (χ0) is 16.0. The molecule has 5 heteroatoms. The molecule has 0 aromatic heterocycles. The second-order valence-corrected chi connectivity index (χ2v) is 5.51. The molecule has 0 bridgehead atoms. The van der Waals surface area contributed by atoms with Gasteiger partial charge in [0.15, 0.2) is 0 Å². The van der Waals surface area contributed by atoms with E-state index in [1.165, 1.54) is 0 Å². The number of amides is 1. The van der Waals surface area contributed by atoms with Crippen molar-refractivity contribution in [1.29, 1.82) is 0 Å². The molecule has 0 heterocycles. The smallest absolute Gasteiger partial charge is 0.346 e. The van der Waals surface area contributed by atoms with Gasteiger partial charge in [0, 0.05) is 0 Å². The van der Waals surface area contributed by atoms with Gasteiger partial charge in [-0.3, -0.25) is 4.79 Å². The zero-order valence-corrected chi connectivity index (χ0v) is 11.9. The van der Waals surface area contributed by atoms with Gasteiger partial charge in [-0.2, -0.15) is 13.2 Å². The molecule has 1 amide bonds. The minimum atomic E-state index is -4.43. The van der Waals surface area contributed by atoms with Crippen molar-refractivity contribution >= 4 is 5.91 Å². The third-order valence-corrected chi connectivity index (χ3v) is 4.13. The Bertz CT molecular complexity index is 691. The third-order valence-electron chi connectivity index (χ3n) is 4.13. The molecule has 22 heavy (non-hydrogen) atoms. The number of alkyl halides is 3. The molecule has 1 aliphatic rings. The largest absolute Gasteiger partial charge is 0.405 e. The van der Waals surface area contributed by atoms with Crippen LogP contribution in [0.5, 0.6) is 0 Å². The first kappa shape index (κ1) is 14.6. The number of carbonyl (C=O) groups is 1. The summed E-state index contributed by atoms with van der Waals surface area (Å²) in [5.74, 6) is -0.637. The number of benzene rings is 2. The maximum absolute atomic E-state index is 12.5. The average molecular weight is 305 g/mol. The molecule has 0 radical (unpaired) electrons. The molecular formula is C17H14F3NO. The van der Waals surface area contributed by atoms with Crippen molar-refractivity contribution in [2.75, 3.05) is 6.54 Å². The van der Waals surface area contributed by atoms with E-state index in [1.807, 2.05) is 29.6 Å². The van der Waals surface area contributed by atoms with Crippen LogP contribution in [0.1, 0.15) is 18.1 Å². The molecule has 114 valence electrons. The molecule has 2 nitrogen and oxygen atoms in total. The molecule has 0 atom stereocenters. The lowest BCUT2D eigenvalue weighted by Gasteiger charge is -2.26. The van der Waals surface area contributed by atoms with E-state index in [0.29, 0.717) is 0 Å². The number of fused-ring (bicyclic) bond motifs is 3. The summed E-state index contributed by atoms with van der Waals surface area (Å²) >= 11 is 0. The van der Waals surface area contributed by atoms with Crippen molar-refractivity contribution < 1.29 is 18.0 Å². The summed E-state index contributed by atoms with van der Waals surface area (Å²) in [5.41, 5.74) is 2.13. The maximum atomic E-state index is 12.5. The van der Waals surface area contributed by atoms with Gasteiger partial charge in [0.25, 0.3) is 0 Å². The van der Waals surface area contributed by atoms with Crippen LogP contribution in [0.4, 0.5) is 13.2 Å². The highest BCUT2D eigenvalue weighted by Gasteiger charge is 2.45. The molecule has 0 aliphatic heterocycles. The van der Waals surface area contributed by atoms with Gasteiger partial charge in [-0.1, -0.05) is 48.5 Å². The fraction of sp³-hybridized carbons (Fsp3) is 0.235. The number of halogens is 3. The third kappa shape index (κ3) is 2.17. The SMILES string of the molecule is CC1(C(=O)NCC(F)(F)F)c2ccccc2-c2ccccc21. The van der Waals surface area contributed by atoms with Gasteiger partial charge in [-0.25, -0.2) is 0 Å². The zero-order valence-electron chi connectivity index (χ0n) is 11.9. The van der Waals surface area contributed by atoms with Gasteiger partial charge in [-0.05, 0) is 29.2 Å². The van der Waals surface area contributed by atoms with E-state index in [9.17, 15) is 18.0 Å². The fourth-order valence-corrected chi connectivity index (χ4v) is 3.05. The quantitative estimate of drug-likeness (QED) is 0.901. The van der Waals surface area contributed by atoms with Crippen molar-refractivity contribution in [2.24, 2.45) is 0 Å². The van der Waals surface area contributed by atoms with Crippen LogP contribution >= 0.6 is 0 Å². The predicted octanol–water partition coefficient (Wildman–Crippen LogP) is 3.65. The van der Waals surface area contributed by atoms with Crippen LogP contribution in [0.15, 0.2) is 48.5 Å². The van der Waals surface area contributed by atoms with Crippen molar-refractivity contribution in [3.63, 3.8) is 0 Å². The minimum Gasteiger partial charge on any atom is -0.346 e. The standard InChI is InChI=1S/C17H14F3NO/c1-16(15(22)21-10-17(18,19)20)13-8-4-2-6-11(13)12-7-3-5-9-14(12)16/h2-9H,10H2,1H3,(H,21,22). The topological polar surface area (TPSA) is 29.1 Å². The van der Waals surface area contributed by atoms with Gasteiger partial charge < -0.3 is 5.32 Å². The number of hydrogen-bond acceptors (Lipinski definition) is 1. The molecule has 0 unspecified atom stereocenters. The predicted molar refractivity (Wildman–Crippen MR) is 77.4 cm³/mol. The first-order valence-electron chi connectivity index (χ1n) is 6.88. The van der Waals surface area contributed by atoms with Gasteiger partial charge in [-0.15, -0.1) is 0 Å². The summed E-state index contributed by atoms with van der Waals surface area (Å²) in [6.07, 6.45) is -4.43. The number of rotatable bonds is 2. The molecule has 0 saturated carbocycles. The maximum Gasteiger partial charge on any atom is 0.405 e. The Kier molecular flexibility index (Phi) is 3.24. The molecule has 2 aromatic rings. The number of hydrogen-bond donors (Lipinski definition) is 1. The van der Waals surface area contributed by atoms with Crippen LogP contribution < -0.4 is 5.32 Å². The normalized spacial score (nSPS) is 15.1. The molecule has 0 fully saturated rings. The van der Waals surface area contributed by atoms with E-state index < -0.39 is 24.0 Å². The van der Waals surface area contributed by atoms with Crippen molar-refractivity contribution in [2.45, 2.75) is 18.5 Å². The molecular weight excluding hydrogens is 291 g/mol. The van der Waals surface area contributed by atoms with Crippen LogP contribution in [-0.4, -0.2) is 18.6 Å². The number of carbonyl (C=O) groups excluding carboxylic acids is 1. The highest BCUT2D eigenvalue weighted by molar-refractivity contribution is 6.00. The Balaban J connectivity index is 2.07. The molecule has 3 rings (SSSR count). The molecule has 1 N–H and O–H groups in total. The van der Waals surface area contributed by atoms with E-state index in [-0.39, 0.29) is 0 Å². The van der Waals surface area contributed by atoms with Crippen LogP contribution in [0.2, 0.25) is 0 Å². The fourth-order valence-electron chi connectivity index (χ4n) is 3.05. The molecule has 0 spiro atoms. The van der Waals surface area contributed by atoms with E-state index in [0.717, 1.165) is 22.3 Å². The Morgan fingerprint density at radius 3 is 1.91 bits per heavy atom. The summed E-state index contributed by atoms with van der Waals surface area (Å²) in [6.45, 7) is 0.342. The lowest BCUT2D eigenvalue weighted by Crippen LogP contribution is -2.45. The van der Waals surface area contributed by atoms with Crippen molar-refractivity contribution in [1.82, 2.24) is 5.32 Å². The Morgan fingerprint density at radius 1 is 1.00 bits per heavy atom. The van der Waals surface area contributed by atoms with E-state index >= 15 is 0 Å². The summed E-state index contributed by atoms with van der Waals surface area (Å²) in [7, 11) is 0. The second-order valence-electron chi connectivity index (χ2n) is 5.51. The van der Waals surface area contributed by atoms with Gasteiger partial charge in [0.2, 0.25) is 5.91 Å².